The molecule has 1 fully saturated rings. The van der Waals surface area contributed by atoms with Crippen LogP contribution in [0.5, 0.6) is 0 Å². The molecule has 0 amide bonds. The van der Waals surface area contributed by atoms with Crippen molar-refractivity contribution in [3.05, 3.63) is 33.8 Å². The molecule has 1 aliphatic rings. The molecular formula is C18H27Cl2N3O2S. The average molecular weight is 420 g/mol. The fourth-order valence-corrected chi connectivity index (χ4v) is 5.20. The normalized spacial score (nSPS) is 21.0. The first-order valence-electron chi connectivity index (χ1n) is 8.81. The number of benzene rings is 1. The molecule has 8 heteroatoms. The second-order valence-corrected chi connectivity index (χ2v) is 10.2. The van der Waals surface area contributed by atoms with E-state index in [1.807, 2.05) is 12.1 Å². The highest BCUT2D eigenvalue weighted by atomic mass is 35.5. The van der Waals surface area contributed by atoms with Crippen LogP contribution in [0.25, 0.3) is 0 Å². The number of hydrogen-bond acceptors (Lipinski definition) is 3. The second-order valence-electron chi connectivity index (χ2n) is 7.14. The molecule has 2 unspecified atom stereocenters. The summed E-state index contributed by atoms with van der Waals surface area (Å²) < 4.78 is 23.2. The predicted molar refractivity (Wildman–Crippen MR) is 110 cm³/mol. The Balaban J connectivity index is 1.94. The first-order chi connectivity index (χ1) is 12.2. The van der Waals surface area contributed by atoms with Gasteiger partial charge in [-0.2, -0.15) is 0 Å². The smallest absolute Gasteiger partial charge is 0.191 e. The molecule has 2 atom stereocenters. The van der Waals surface area contributed by atoms with Crippen LogP contribution in [0.1, 0.15) is 25.8 Å². The van der Waals surface area contributed by atoms with Gasteiger partial charge in [0.25, 0.3) is 0 Å². The van der Waals surface area contributed by atoms with Crippen molar-refractivity contribution in [2.24, 2.45) is 16.8 Å². The van der Waals surface area contributed by atoms with E-state index in [1.54, 1.807) is 13.1 Å². The van der Waals surface area contributed by atoms with Gasteiger partial charge in [-0.25, -0.2) is 8.42 Å². The van der Waals surface area contributed by atoms with E-state index >= 15 is 0 Å². The van der Waals surface area contributed by atoms with Gasteiger partial charge in [-0.3, -0.25) is 4.99 Å². The van der Waals surface area contributed by atoms with Crippen LogP contribution in [-0.2, 0) is 16.3 Å². The van der Waals surface area contributed by atoms with Crippen LogP contribution in [-0.4, -0.2) is 45.5 Å². The first-order valence-corrected chi connectivity index (χ1v) is 11.4. The number of hydrogen-bond donors (Lipinski definition) is 2. The minimum absolute atomic E-state index is 0.0746. The first kappa shape index (κ1) is 21.3. The second kappa shape index (κ2) is 9.29. The summed E-state index contributed by atoms with van der Waals surface area (Å²) in [6.45, 7) is 5.07. The van der Waals surface area contributed by atoms with Gasteiger partial charge >= 0.3 is 0 Å². The highest BCUT2D eigenvalue weighted by Gasteiger charge is 2.28. The fourth-order valence-electron chi connectivity index (χ4n) is 3.04. The molecule has 0 radical (unpaired) electrons. The maximum Gasteiger partial charge on any atom is 0.191 e. The van der Waals surface area contributed by atoms with Gasteiger partial charge in [0.2, 0.25) is 0 Å². The molecule has 0 aromatic heterocycles. The lowest BCUT2D eigenvalue weighted by atomic mass is 9.89. The summed E-state index contributed by atoms with van der Waals surface area (Å²) >= 11 is 12.3. The highest BCUT2D eigenvalue weighted by molar-refractivity contribution is 7.91. The van der Waals surface area contributed by atoms with Crippen LogP contribution >= 0.6 is 23.2 Å². The summed E-state index contributed by atoms with van der Waals surface area (Å²) in [7, 11) is -1.22. The zero-order valence-electron chi connectivity index (χ0n) is 15.4. The van der Waals surface area contributed by atoms with Gasteiger partial charge in [-0.05, 0) is 42.4 Å². The lowest BCUT2D eigenvalue weighted by Crippen LogP contribution is -2.46. The number of halogens is 2. The number of sulfone groups is 1. The maximum atomic E-state index is 11.6. The molecule has 5 nitrogen and oxygen atoms in total. The number of nitrogens with one attached hydrogen (secondary N) is 2. The van der Waals surface area contributed by atoms with Crippen molar-refractivity contribution in [2.75, 3.05) is 25.1 Å². The summed E-state index contributed by atoms with van der Waals surface area (Å²) in [4.78, 5) is 4.22. The third-order valence-electron chi connectivity index (χ3n) is 4.77. The van der Waals surface area contributed by atoms with Crippen molar-refractivity contribution in [3.8, 4) is 0 Å². The predicted octanol–water partition coefficient (Wildman–Crippen LogP) is 3.16. The van der Waals surface area contributed by atoms with E-state index in [1.165, 1.54) is 0 Å². The summed E-state index contributed by atoms with van der Waals surface area (Å²) in [6.07, 6.45) is 1.45. The molecule has 146 valence electrons. The van der Waals surface area contributed by atoms with Crippen molar-refractivity contribution >= 4 is 39.0 Å². The molecule has 1 aromatic carbocycles. The van der Waals surface area contributed by atoms with Gasteiger partial charge < -0.3 is 10.6 Å². The van der Waals surface area contributed by atoms with E-state index in [2.05, 4.69) is 29.5 Å². The van der Waals surface area contributed by atoms with Gasteiger partial charge in [0.05, 0.1) is 11.5 Å². The third kappa shape index (κ3) is 6.32. The summed E-state index contributed by atoms with van der Waals surface area (Å²) in [5.41, 5.74) is 1.07. The van der Waals surface area contributed by atoms with Gasteiger partial charge in [0.1, 0.15) is 0 Å². The Morgan fingerprint density at radius 2 is 2.08 bits per heavy atom. The Bertz CT molecular complexity index is 751. The molecule has 0 aliphatic carbocycles. The number of guanidine groups is 1. The Morgan fingerprint density at radius 1 is 1.35 bits per heavy atom. The van der Waals surface area contributed by atoms with E-state index in [-0.39, 0.29) is 17.5 Å². The van der Waals surface area contributed by atoms with E-state index in [4.69, 9.17) is 23.2 Å². The van der Waals surface area contributed by atoms with Gasteiger partial charge in [-0.15, -0.1) is 0 Å². The van der Waals surface area contributed by atoms with Crippen LogP contribution in [0, 0.1) is 11.8 Å². The minimum Gasteiger partial charge on any atom is -0.356 e. The number of aliphatic imine (C=N–C) groups is 1. The van der Waals surface area contributed by atoms with Crippen molar-refractivity contribution < 1.29 is 8.42 Å². The topological polar surface area (TPSA) is 70.6 Å². The molecule has 0 bridgehead atoms. The standard InChI is InChI=1S/C18H27Cl2N3O2S/c1-12(2)14(8-13-4-5-15(19)9-17(13)20)10-22-18(21-3)23-16-6-7-26(24,25)11-16/h4-5,9,12,14,16H,6-8,10-11H2,1-3H3,(H2,21,22,23). The van der Waals surface area contributed by atoms with E-state index < -0.39 is 9.84 Å². The summed E-state index contributed by atoms with van der Waals surface area (Å²) in [5, 5.41) is 7.86. The molecule has 26 heavy (non-hydrogen) atoms. The maximum absolute atomic E-state index is 11.6. The van der Waals surface area contributed by atoms with Gasteiger partial charge in [0.15, 0.2) is 15.8 Å². The average Bonchev–Trinajstić information content (AvgIpc) is 2.90. The molecule has 1 aliphatic heterocycles. The van der Waals surface area contributed by atoms with E-state index in [0.717, 1.165) is 18.5 Å². The molecule has 2 rings (SSSR count). The van der Waals surface area contributed by atoms with Crippen molar-refractivity contribution in [1.29, 1.82) is 0 Å². The Morgan fingerprint density at radius 3 is 2.62 bits per heavy atom. The molecule has 1 saturated heterocycles. The zero-order valence-corrected chi connectivity index (χ0v) is 17.8. The van der Waals surface area contributed by atoms with Crippen LogP contribution in [0.4, 0.5) is 0 Å². The van der Waals surface area contributed by atoms with Crippen LogP contribution in [0.2, 0.25) is 10.0 Å². The number of nitrogens with zero attached hydrogens (tertiary/aromatic N) is 1. The lowest BCUT2D eigenvalue weighted by molar-refractivity contribution is 0.377. The Kier molecular flexibility index (Phi) is 7.62. The zero-order chi connectivity index (χ0) is 19.3. The van der Waals surface area contributed by atoms with E-state index in [9.17, 15) is 8.42 Å². The Labute approximate surface area is 166 Å². The lowest BCUT2D eigenvalue weighted by Gasteiger charge is -2.24. The molecule has 0 spiro atoms. The molecule has 1 heterocycles. The largest absolute Gasteiger partial charge is 0.356 e. The van der Waals surface area contributed by atoms with Crippen LogP contribution < -0.4 is 10.6 Å². The minimum atomic E-state index is -2.91. The van der Waals surface area contributed by atoms with Crippen molar-refractivity contribution in [3.63, 3.8) is 0 Å². The van der Waals surface area contributed by atoms with Crippen LogP contribution in [0.3, 0.4) is 0 Å². The van der Waals surface area contributed by atoms with E-state index in [0.29, 0.717) is 34.3 Å². The Hall–Kier alpha value is -0.980. The molecule has 2 N–H and O–H groups in total. The van der Waals surface area contributed by atoms with Gasteiger partial charge in [0, 0.05) is 29.7 Å². The SMILES string of the molecule is CN=C(NCC(Cc1ccc(Cl)cc1Cl)C(C)C)NC1CCS(=O)(=O)C1. The highest BCUT2D eigenvalue weighted by Crippen LogP contribution is 2.25. The van der Waals surface area contributed by atoms with Crippen molar-refractivity contribution in [2.45, 2.75) is 32.7 Å². The quantitative estimate of drug-likeness (QED) is 0.548. The number of rotatable bonds is 6. The monoisotopic (exact) mass is 419 g/mol. The van der Waals surface area contributed by atoms with Crippen LogP contribution in [0.15, 0.2) is 23.2 Å². The summed E-state index contributed by atoms with van der Waals surface area (Å²) in [5.74, 6) is 1.84. The fraction of sp³-hybridized carbons (Fsp3) is 0.611. The molecule has 0 saturated carbocycles. The molecule has 1 aromatic rings. The summed E-state index contributed by atoms with van der Waals surface area (Å²) in [6, 6.07) is 5.52. The van der Waals surface area contributed by atoms with Crippen molar-refractivity contribution in [1.82, 2.24) is 10.6 Å². The molecular weight excluding hydrogens is 393 g/mol. The van der Waals surface area contributed by atoms with Gasteiger partial charge in [-0.1, -0.05) is 43.1 Å². The third-order valence-corrected chi connectivity index (χ3v) is 7.12.